The first-order chi connectivity index (χ1) is 20.4. The van der Waals surface area contributed by atoms with E-state index in [1.54, 1.807) is 0 Å². The maximum atomic E-state index is 11.6. The van der Waals surface area contributed by atoms with Crippen molar-refractivity contribution in [3.05, 3.63) is 59.7 Å². The van der Waals surface area contributed by atoms with Crippen LogP contribution in [-0.4, -0.2) is 77.8 Å². The molecule has 0 heterocycles. The van der Waals surface area contributed by atoms with E-state index in [2.05, 4.69) is 0 Å². The van der Waals surface area contributed by atoms with E-state index in [0.29, 0.717) is 17.7 Å². The second kappa shape index (κ2) is 11.8. The standard InChI is InChI=1S/2C11H10O9S3/c1-6-2-8-9(10(3-6)22(15,16)17)4-7(21(12,13)14)5-11(8)23(18,19)20;1-6-2-3-7-8(4-6)11(23(18,19)20)10(22(15,16)17)5-9(7)21(12,13)14/h2*2-5H,1H3,(H,12,13,14)(H,15,16,17)(H,18,19,20). The highest BCUT2D eigenvalue weighted by Gasteiger charge is 2.31. The fourth-order valence-electron chi connectivity index (χ4n) is 4.21. The van der Waals surface area contributed by atoms with Crippen molar-refractivity contribution in [2.45, 2.75) is 43.2 Å². The summed E-state index contributed by atoms with van der Waals surface area (Å²) in [6.45, 7) is 2.90. The van der Waals surface area contributed by atoms with Crippen molar-refractivity contribution in [2.24, 2.45) is 0 Å². The lowest BCUT2D eigenvalue weighted by atomic mass is 10.1. The van der Waals surface area contributed by atoms with E-state index in [4.69, 9.17) is 4.55 Å². The maximum Gasteiger partial charge on any atom is 0.296 e. The van der Waals surface area contributed by atoms with Gasteiger partial charge in [-0.1, -0.05) is 17.7 Å². The Morgan fingerprint density at radius 2 is 0.783 bits per heavy atom. The van der Waals surface area contributed by atoms with Crippen LogP contribution in [0.1, 0.15) is 11.1 Å². The minimum Gasteiger partial charge on any atom is -0.282 e. The Bertz CT molecular complexity index is 2620. The van der Waals surface area contributed by atoms with Gasteiger partial charge in [-0.25, -0.2) is 0 Å². The molecule has 0 aliphatic rings. The summed E-state index contributed by atoms with van der Waals surface area (Å²) in [5.74, 6) is 0. The summed E-state index contributed by atoms with van der Waals surface area (Å²) in [6.07, 6.45) is 0. The van der Waals surface area contributed by atoms with Crippen molar-refractivity contribution in [1.82, 2.24) is 0 Å². The third-order valence-corrected chi connectivity index (χ3v) is 11.4. The highest BCUT2D eigenvalue weighted by atomic mass is 32.2. The van der Waals surface area contributed by atoms with Gasteiger partial charge < -0.3 is 0 Å². The highest BCUT2D eigenvalue weighted by molar-refractivity contribution is 7.89. The number of fused-ring (bicyclic) bond motifs is 2. The molecule has 4 rings (SSSR count). The van der Waals surface area contributed by atoms with Crippen LogP contribution in [0.15, 0.2) is 77.9 Å². The molecule has 6 N–H and O–H groups in total. The van der Waals surface area contributed by atoms with Gasteiger partial charge in [0.15, 0.2) is 0 Å². The normalized spacial score (nSPS) is 13.4. The highest BCUT2D eigenvalue weighted by Crippen LogP contribution is 2.36. The molecule has 0 saturated heterocycles. The van der Waals surface area contributed by atoms with Gasteiger partial charge in [0.05, 0.1) is 4.90 Å². The summed E-state index contributed by atoms with van der Waals surface area (Å²) >= 11 is 0. The molecule has 46 heavy (non-hydrogen) atoms. The van der Waals surface area contributed by atoms with Gasteiger partial charge in [0.1, 0.15) is 24.5 Å². The number of benzene rings is 4. The van der Waals surface area contributed by atoms with Gasteiger partial charge in [-0.3, -0.25) is 27.3 Å². The summed E-state index contributed by atoms with van der Waals surface area (Å²) in [4.78, 5) is -6.09. The van der Waals surface area contributed by atoms with Gasteiger partial charge in [-0.15, -0.1) is 0 Å². The maximum absolute atomic E-state index is 11.6. The van der Waals surface area contributed by atoms with Crippen LogP contribution >= 0.6 is 0 Å². The Balaban J connectivity index is 0.000000250. The van der Waals surface area contributed by atoms with Gasteiger partial charge in [-0.05, 0) is 55.8 Å². The quantitative estimate of drug-likeness (QED) is 0.152. The second-order valence-electron chi connectivity index (χ2n) is 9.38. The summed E-state index contributed by atoms with van der Waals surface area (Å²) in [7, 11) is -30.0. The van der Waals surface area contributed by atoms with E-state index in [9.17, 15) is 73.3 Å². The minimum atomic E-state index is -5.22. The third-order valence-electron chi connectivity index (χ3n) is 5.95. The molecule has 0 aliphatic carbocycles. The molecule has 0 unspecified atom stereocenters. The predicted octanol–water partition coefficient (Wildman–Crippen LogP) is 1.78. The van der Waals surface area contributed by atoms with Gasteiger partial charge in [0.25, 0.3) is 60.7 Å². The van der Waals surface area contributed by atoms with Crippen molar-refractivity contribution in [2.75, 3.05) is 0 Å². The zero-order valence-corrected chi connectivity index (χ0v) is 27.5. The topological polar surface area (TPSA) is 326 Å². The van der Waals surface area contributed by atoms with Gasteiger partial charge in [0, 0.05) is 21.5 Å². The van der Waals surface area contributed by atoms with Crippen LogP contribution in [0.25, 0.3) is 21.5 Å². The van der Waals surface area contributed by atoms with Crippen molar-refractivity contribution >= 4 is 82.3 Å². The van der Waals surface area contributed by atoms with Crippen molar-refractivity contribution in [3.63, 3.8) is 0 Å². The summed E-state index contributed by atoms with van der Waals surface area (Å²) < 4.78 is 192. The smallest absolute Gasteiger partial charge is 0.282 e. The summed E-state index contributed by atoms with van der Waals surface area (Å²) in [5.41, 5.74) is 0.644. The zero-order chi connectivity index (χ0) is 35.6. The molecule has 0 spiro atoms. The van der Waals surface area contributed by atoms with E-state index in [1.807, 2.05) is 0 Å². The molecule has 0 aromatic heterocycles. The fraction of sp³-hybridized carbons (Fsp3) is 0.0909. The van der Waals surface area contributed by atoms with E-state index >= 15 is 0 Å². The molecule has 0 amide bonds. The minimum absolute atomic E-state index is 0.231. The van der Waals surface area contributed by atoms with Crippen molar-refractivity contribution in [1.29, 1.82) is 0 Å². The fourth-order valence-corrected chi connectivity index (χ4v) is 9.12. The molecule has 0 atom stereocenters. The Labute approximate surface area is 261 Å². The third kappa shape index (κ3) is 8.04. The lowest BCUT2D eigenvalue weighted by Crippen LogP contribution is -2.12. The lowest BCUT2D eigenvalue weighted by molar-refractivity contribution is 0.466. The molecule has 18 nitrogen and oxygen atoms in total. The molecule has 4 aromatic carbocycles. The van der Waals surface area contributed by atoms with Crippen LogP contribution in [0.3, 0.4) is 0 Å². The average molecular weight is 765 g/mol. The van der Waals surface area contributed by atoms with Crippen LogP contribution in [0, 0.1) is 13.8 Å². The Morgan fingerprint density at radius 3 is 1.22 bits per heavy atom. The molecular formula is C22H20O18S6. The predicted molar refractivity (Wildman–Crippen MR) is 156 cm³/mol. The largest absolute Gasteiger partial charge is 0.296 e. The average Bonchev–Trinajstić information content (AvgIpc) is 2.83. The van der Waals surface area contributed by atoms with Crippen LogP contribution < -0.4 is 0 Å². The molecule has 252 valence electrons. The van der Waals surface area contributed by atoms with Gasteiger partial charge >= 0.3 is 0 Å². The summed E-state index contributed by atoms with van der Waals surface area (Å²) in [6, 6.07) is 7.23. The zero-order valence-electron chi connectivity index (χ0n) is 22.7. The molecule has 0 saturated carbocycles. The Morgan fingerprint density at radius 1 is 0.370 bits per heavy atom. The number of aryl methyl sites for hydroxylation is 2. The van der Waals surface area contributed by atoms with Crippen LogP contribution in [0.4, 0.5) is 0 Å². The van der Waals surface area contributed by atoms with Crippen molar-refractivity contribution < 1.29 is 77.8 Å². The van der Waals surface area contributed by atoms with E-state index in [-0.39, 0.29) is 22.4 Å². The number of hydrogen-bond donors (Lipinski definition) is 6. The van der Waals surface area contributed by atoms with Crippen molar-refractivity contribution in [3.8, 4) is 0 Å². The molecule has 0 radical (unpaired) electrons. The van der Waals surface area contributed by atoms with Crippen LogP contribution in [0.5, 0.6) is 0 Å². The number of rotatable bonds is 6. The van der Waals surface area contributed by atoms with E-state index < -0.39 is 101 Å². The monoisotopic (exact) mass is 764 g/mol. The van der Waals surface area contributed by atoms with E-state index in [0.717, 1.165) is 18.2 Å². The Hall–Kier alpha value is -3.14. The number of hydrogen-bond acceptors (Lipinski definition) is 12. The molecular weight excluding hydrogens is 745 g/mol. The first-order valence-corrected chi connectivity index (χ1v) is 20.1. The van der Waals surface area contributed by atoms with Gasteiger partial charge in [-0.2, -0.15) is 50.5 Å². The first-order valence-electron chi connectivity index (χ1n) is 11.4. The first kappa shape index (κ1) is 37.3. The summed E-state index contributed by atoms with van der Waals surface area (Å²) in [5, 5.41) is -1.62. The van der Waals surface area contributed by atoms with Gasteiger partial charge in [0.2, 0.25) is 0 Å². The molecule has 0 fully saturated rings. The molecule has 4 aromatic rings. The van der Waals surface area contributed by atoms with Crippen LogP contribution in [0.2, 0.25) is 0 Å². The molecule has 24 heteroatoms. The second-order valence-corrected chi connectivity index (χ2v) is 17.7. The lowest BCUT2D eigenvalue weighted by Gasteiger charge is -2.12. The SMILES string of the molecule is Cc1cc(S(=O)(=O)O)c2cc(S(=O)(=O)O)cc(S(=O)(=O)O)c2c1.Cc1ccc2c(S(=O)(=O)O)cc(S(=O)(=O)O)c(S(=O)(=O)O)c2c1. The van der Waals surface area contributed by atoms with Crippen LogP contribution in [-0.2, 0) is 60.7 Å². The molecule has 0 aliphatic heterocycles. The molecule has 0 bridgehead atoms. The Kier molecular flexibility index (Phi) is 9.60. The van der Waals surface area contributed by atoms with E-state index in [1.165, 1.54) is 26.0 Å².